The standard InChI is InChI=1S/C16H14N2O3/c1-2-21-12-9-7-11(8-10-12)18-15(19)13-5-3-4-6-14(13)17-16(18)20/h3-10H,2H2,1H3,(H,17,20). The SMILES string of the molecule is CCOc1ccc(-n2c(=O)[nH]c3ccccc3c2=O)cc1. The number of nitrogens with zero attached hydrogens (tertiary/aromatic N) is 1. The number of nitrogens with one attached hydrogen (secondary N) is 1. The summed E-state index contributed by atoms with van der Waals surface area (Å²) >= 11 is 0. The maximum absolute atomic E-state index is 12.5. The monoisotopic (exact) mass is 282 g/mol. The highest BCUT2D eigenvalue weighted by Gasteiger charge is 2.09. The molecule has 1 N–H and O–H groups in total. The van der Waals surface area contributed by atoms with Gasteiger partial charge in [-0.25, -0.2) is 9.36 Å². The van der Waals surface area contributed by atoms with Crippen LogP contribution in [0, 0.1) is 0 Å². The van der Waals surface area contributed by atoms with E-state index in [9.17, 15) is 9.59 Å². The van der Waals surface area contributed by atoms with E-state index in [0.29, 0.717) is 28.9 Å². The molecule has 0 aliphatic carbocycles. The minimum absolute atomic E-state index is 0.335. The molecule has 0 saturated heterocycles. The largest absolute Gasteiger partial charge is 0.494 e. The van der Waals surface area contributed by atoms with Gasteiger partial charge in [0.1, 0.15) is 5.75 Å². The summed E-state index contributed by atoms with van der Waals surface area (Å²) in [5.41, 5.74) is 0.256. The van der Waals surface area contributed by atoms with Gasteiger partial charge >= 0.3 is 5.69 Å². The van der Waals surface area contributed by atoms with Crippen molar-refractivity contribution in [1.82, 2.24) is 9.55 Å². The molecule has 0 bridgehead atoms. The predicted molar refractivity (Wildman–Crippen MR) is 81.3 cm³/mol. The van der Waals surface area contributed by atoms with E-state index in [1.54, 1.807) is 48.5 Å². The number of aromatic nitrogens is 2. The molecule has 0 amide bonds. The number of benzene rings is 2. The van der Waals surface area contributed by atoms with Crippen molar-refractivity contribution in [1.29, 1.82) is 0 Å². The summed E-state index contributed by atoms with van der Waals surface area (Å²) in [7, 11) is 0. The Kier molecular flexibility index (Phi) is 3.31. The first-order chi connectivity index (χ1) is 10.2. The molecule has 2 aromatic carbocycles. The van der Waals surface area contributed by atoms with Crippen LogP contribution in [0.5, 0.6) is 5.75 Å². The van der Waals surface area contributed by atoms with E-state index >= 15 is 0 Å². The molecular formula is C16H14N2O3. The van der Waals surface area contributed by atoms with Gasteiger partial charge in [0, 0.05) is 0 Å². The Morgan fingerprint density at radius 1 is 1.05 bits per heavy atom. The molecule has 106 valence electrons. The van der Waals surface area contributed by atoms with Crippen molar-refractivity contribution in [2.45, 2.75) is 6.92 Å². The summed E-state index contributed by atoms with van der Waals surface area (Å²) in [5.74, 6) is 0.700. The third-order valence-electron chi connectivity index (χ3n) is 3.21. The molecule has 3 rings (SSSR count). The number of hydrogen-bond acceptors (Lipinski definition) is 3. The lowest BCUT2D eigenvalue weighted by Crippen LogP contribution is -2.33. The summed E-state index contributed by atoms with van der Waals surface area (Å²) in [5, 5.41) is 0.478. The Morgan fingerprint density at radius 3 is 2.48 bits per heavy atom. The van der Waals surface area contributed by atoms with Crippen LogP contribution in [0.25, 0.3) is 16.6 Å². The second-order valence-corrected chi connectivity index (χ2v) is 4.54. The smallest absolute Gasteiger partial charge is 0.333 e. The van der Waals surface area contributed by atoms with Crippen LogP contribution in [0.4, 0.5) is 0 Å². The van der Waals surface area contributed by atoms with Gasteiger partial charge in [0.05, 0.1) is 23.2 Å². The number of para-hydroxylation sites is 1. The summed E-state index contributed by atoms with van der Waals surface area (Å²) in [6, 6.07) is 13.8. The maximum Gasteiger partial charge on any atom is 0.333 e. The van der Waals surface area contributed by atoms with Crippen molar-refractivity contribution >= 4 is 10.9 Å². The number of H-pyrrole nitrogens is 1. The van der Waals surface area contributed by atoms with Crippen molar-refractivity contribution in [3.8, 4) is 11.4 Å². The number of ether oxygens (including phenoxy) is 1. The fourth-order valence-corrected chi connectivity index (χ4v) is 2.26. The summed E-state index contributed by atoms with van der Waals surface area (Å²) in [4.78, 5) is 27.3. The number of fused-ring (bicyclic) bond motifs is 1. The van der Waals surface area contributed by atoms with E-state index in [2.05, 4.69) is 4.98 Å². The fourth-order valence-electron chi connectivity index (χ4n) is 2.26. The van der Waals surface area contributed by atoms with Gasteiger partial charge in [-0.05, 0) is 43.3 Å². The van der Waals surface area contributed by atoms with Crippen molar-refractivity contribution in [2.24, 2.45) is 0 Å². The third-order valence-corrected chi connectivity index (χ3v) is 3.21. The molecule has 0 aliphatic rings. The van der Waals surface area contributed by atoms with Gasteiger partial charge in [0.25, 0.3) is 5.56 Å². The highest BCUT2D eigenvalue weighted by molar-refractivity contribution is 5.77. The zero-order chi connectivity index (χ0) is 14.8. The first-order valence-electron chi connectivity index (χ1n) is 6.68. The lowest BCUT2D eigenvalue weighted by Gasteiger charge is -2.08. The van der Waals surface area contributed by atoms with Crippen molar-refractivity contribution in [3.63, 3.8) is 0 Å². The molecule has 1 aromatic heterocycles. The maximum atomic E-state index is 12.5. The second kappa shape index (κ2) is 5.28. The van der Waals surface area contributed by atoms with Gasteiger partial charge < -0.3 is 9.72 Å². The molecule has 5 nitrogen and oxygen atoms in total. The normalized spacial score (nSPS) is 10.7. The highest BCUT2D eigenvalue weighted by Crippen LogP contribution is 2.14. The second-order valence-electron chi connectivity index (χ2n) is 4.54. The third kappa shape index (κ3) is 2.33. The summed E-state index contributed by atoms with van der Waals surface area (Å²) in [6.07, 6.45) is 0. The molecule has 21 heavy (non-hydrogen) atoms. The van der Waals surface area contributed by atoms with Crippen molar-refractivity contribution in [2.75, 3.05) is 6.61 Å². The van der Waals surface area contributed by atoms with E-state index in [1.165, 1.54) is 0 Å². The number of aromatic amines is 1. The molecule has 3 aromatic rings. The van der Waals surface area contributed by atoms with Gasteiger partial charge in [-0.1, -0.05) is 12.1 Å². The quantitative estimate of drug-likeness (QED) is 0.800. The topological polar surface area (TPSA) is 64.1 Å². The van der Waals surface area contributed by atoms with Crippen LogP contribution < -0.4 is 16.0 Å². The Morgan fingerprint density at radius 2 is 1.76 bits per heavy atom. The summed E-state index contributed by atoms with van der Waals surface area (Å²) in [6.45, 7) is 2.46. The first kappa shape index (κ1) is 13.2. The average molecular weight is 282 g/mol. The summed E-state index contributed by atoms with van der Waals surface area (Å²) < 4.78 is 6.48. The Bertz CT molecular complexity index is 892. The van der Waals surface area contributed by atoms with Gasteiger partial charge in [0.15, 0.2) is 0 Å². The Labute approximate surface area is 120 Å². The molecule has 0 spiro atoms. The lowest BCUT2D eigenvalue weighted by atomic mass is 10.2. The van der Waals surface area contributed by atoms with E-state index < -0.39 is 5.69 Å². The van der Waals surface area contributed by atoms with Crippen LogP contribution >= 0.6 is 0 Å². The lowest BCUT2D eigenvalue weighted by molar-refractivity contribution is 0.340. The van der Waals surface area contributed by atoms with Crippen LogP contribution in [-0.2, 0) is 0 Å². The van der Waals surface area contributed by atoms with Gasteiger partial charge in [-0.15, -0.1) is 0 Å². The van der Waals surface area contributed by atoms with Crippen LogP contribution in [-0.4, -0.2) is 16.2 Å². The van der Waals surface area contributed by atoms with Gasteiger partial charge in [0.2, 0.25) is 0 Å². The van der Waals surface area contributed by atoms with E-state index in [1.807, 2.05) is 6.92 Å². The molecule has 1 heterocycles. The molecule has 5 heteroatoms. The van der Waals surface area contributed by atoms with Gasteiger partial charge in [-0.3, -0.25) is 4.79 Å². The van der Waals surface area contributed by atoms with Crippen LogP contribution in [0.15, 0.2) is 58.1 Å². The van der Waals surface area contributed by atoms with Gasteiger partial charge in [-0.2, -0.15) is 0 Å². The highest BCUT2D eigenvalue weighted by atomic mass is 16.5. The Hall–Kier alpha value is -2.82. The number of rotatable bonds is 3. The van der Waals surface area contributed by atoms with E-state index in [-0.39, 0.29) is 5.56 Å². The molecule has 0 fully saturated rings. The fraction of sp³-hybridized carbons (Fsp3) is 0.125. The predicted octanol–water partition coefficient (Wildman–Crippen LogP) is 2.08. The zero-order valence-corrected chi connectivity index (χ0v) is 11.5. The zero-order valence-electron chi connectivity index (χ0n) is 11.5. The average Bonchev–Trinajstić information content (AvgIpc) is 2.49. The minimum Gasteiger partial charge on any atom is -0.494 e. The first-order valence-corrected chi connectivity index (χ1v) is 6.68. The minimum atomic E-state index is -0.456. The molecule has 0 aliphatic heterocycles. The Balaban J connectivity index is 2.20. The van der Waals surface area contributed by atoms with Crippen LogP contribution in [0.3, 0.4) is 0 Å². The number of hydrogen-bond donors (Lipinski definition) is 1. The molecule has 0 atom stereocenters. The molecular weight excluding hydrogens is 268 g/mol. The molecule has 0 saturated carbocycles. The van der Waals surface area contributed by atoms with Crippen LogP contribution in [0.1, 0.15) is 6.92 Å². The van der Waals surface area contributed by atoms with Crippen LogP contribution in [0.2, 0.25) is 0 Å². The van der Waals surface area contributed by atoms with E-state index in [0.717, 1.165) is 4.57 Å². The van der Waals surface area contributed by atoms with Crippen molar-refractivity contribution in [3.05, 3.63) is 69.4 Å². The molecule has 0 radical (unpaired) electrons. The molecule has 0 unspecified atom stereocenters. The van der Waals surface area contributed by atoms with Crippen molar-refractivity contribution < 1.29 is 4.74 Å². The van der Waals surface area contributed by atoms with E-state index in [4.69, 9.17) is 4.74 Å².